The smallest absolute Gasteiger partial charge is 0.384 e. The second kappa shape index (κ2) is 9.67. The molecule has 0 saturated carbocycles. The van der Waals surface area contributed by atoms with Crippen LogP contribution in [0, 0.1) is 5.41 Å². The summed E-state index contributed by atoms with van der Waals surface area (Å²) in [6, 6.07) is 0. The van der Waals surface area contributed by atoms with Crippen molar-refractivity contribution in [1.82, 2.24) is 0 Å². The van der Waals surface area contributed by atoms with Crippen molar-refractivity contribution in [2.45, 2.75) is 87.9 Å². The predicted octanol–water partition coefficient (Wildman–Crippen LogP) is 7.46. The fourth-order valence-corrected chi connectivity index (χ4v) is 2.12. The van der Waals surface area contributed by atoms with Crippen LogP contribution in [0.2, 0.25) is 0 Å². The Labute approximate surface area is 187 Å². The van der Waals surface area contributed by atoms with Crippen LogP contribution in [0.5, 0.6) is 0 Å². The highest BCUT2D eigenvalue weighted by Crippen LogP contribution is 2.63. The standard InChI is InChI=1S/C17H18F16O2/c1-4-10(2,3)9(34)35-7-5-6-11(20,21)13(24,25)15(28,29)17(32,33)16(30,31)14(26,27)12(22,23)8(18)19/h8H,4-7H2,1-3H3. The quantitative estimate of drug-likeness (QED) is 0.133. The van der Waals surface area contributed by atoms with Crippen molar-refractivity contribution in [2.75, 3.05) is 6.61 Å². The van der Waals surface area contributed by atoms with Gasteiger partial charge >= 0.3 is 53.9 Å². The van der Waals surface area contributed by atoms with Crippen LogP contribution in [0.1, 0.15) is 40.0 Å². The van der Waals surface area contributed by atoms with Gasteiger partial charge in [0, 0.05) is 6.42 Å². The lowest BCUT2D eigenvalue weighted by molar-refractivity contribution is -0.447. The van der Waals surface area contributed by atoms with Gasteiger partial charge in [-0.05, 0) is 26.7 Å². The summed E-state index contributed by atoms with van der Waals surface area (Å²) in [6.07, 6.45) is -9.80. The molecular weight excluding hydrogens is 540 g/mol. The summed E-state index contributed by atoms with van der Waals surface area (Å²) in [4.78, 5) is 11.6. The molecule has 18 heteroatoms. The summed E-state index contributed by atoms with van der Waals surface area (Å²) in [5, 5.41) is 0. The predicted molar refractivity (Wildman–Crippen MR) is 84.9 cm³/mol. The van der Waals surface area contributed by atoms with Crippen molar-refractivity contribution in [2.24, 2.45) is 5.41 Å². The molecular formula is C17H18F16O2. The van der Waals surface area contributed by atoms with Gasteiger partial charge in [-0.1, -0.05) is 6.92 Å². The molecule has 0 aromatic carbocycles. The number of hydrogen-bond donors (Lipinski definition) is 0. The normalized spacial score (nSPS) is 15.5. The fourth-order valence-electron chi connectivity index (χ4n) is 2.12. The van der Waals surface area contributed by atoms with Gasteiger partial charge in [0.25, 0.3) is 0 Å². The van der Waals surface area contributed by atoms with E-state index >= 15 is 0 Å². The van der Waals surface area contributed by atoms with Gasteiger partial charge in [-0.25, -0.2) is 8.78 Å². The Morgan fingerprint density at radius 2 is 1.06 bits per heavy atom. The van der Waals surface area contributed by atoms with Crippen molar-refractivity contribution >= 4 is 5.97 Å². The first-order valence-electron chi connectivity index (χ1n) is 9.23. The van der Waals surface area contributed by atoms with Crippen LogP contribution in [0.15, 0.2) is 0 Å². The molecule has 0 aliphatic heterocycles. The number of rotatable bonds is 13. The minimum atomic E-state index is -8.41. The first kappa shape index (κ1) is 33.4. The Morgan fingerprint density at radius 1 is 0.686 bits per heavy atom. The molecule has 0 bridgehead atoms. The highest BCUT2D eigenvalue weighted by molar-refractivity contribution is 5.75. The SMILES string of the molecule is CCC(C)(C)C(=O)OCCCC(F)(F)C(F)(F)C(F)(F)C(F)(F)C(F)(F)C(F)(F)C(F)(F)C(F)F. The van der Waals surface area contributed by atoms with Crippen LogP contribution in [0.25, 0.3) is 0 Å². The van der Waals surface area contributed by atoms with E-state index in [2.05, 4.69) is 4.74 Å². The number of ether oxygens (including phenoxy) is 1. The third-order valence-electron chi connectivity index (χ3n) is 5.03. The molecule has 0 aliphatic rings. The molecule has 0 aromatic rings. The molecule has 0 spiro atoms. The van der Waals surface area contributed by atoms with Gasteiger partial charge in [-0.2, -0.15) is 61.5 Å². The fraction of sp³-hybridized carbons (Fsp3) is 0.941. The summed E-state index contributed by atoms with van der Waals surface area (Å²) in [7, 11) is 0. The maximum Gasteiger partial charge on any atom is 0.384 e. The largest absolute Gasteiger partial charge is 0.465 e. The first-order valence-corrected chi connectivity index (χ1v) is 9.23. The number of halogens is 16. The molecule has 0 aliphatic carbocycles. The average molecular weight is 558 g/mol. The van der Waals surface area contributed by atoms with E-state index < -0.39 is 78.7 Å². The second-order valence-electron chi connectivity index (χ2n) is 7.98. The monoisotopic (exact) mass is 558 g/mol. The molecule has 0 N–H and O–H groups in total. The maximum atomic E-state index is 13.7. The molecule has 0 saturated heterocycles. The second-order valence-corrected chi connectivity index (χ2v) is 7.98. The average Bonchev–Trinajstić information content (AvgIpc) is 2.69. The lowest BCUT2D eigenvalue weighted by atomic mass is 9.88. The Hall–Kier alpha value is -1.65. The van der Waals surface area contributed by atoms with E-state index in [4.69, 9.17) is 0 Å². The van der Waals surface area contributed by atoms with E-state index in [0.29, 0.717) is 0 Å². The van der Waals surface area contributed by atoms with Crippen LogP contribution < -0.4 is 0 Å². The molecule has 0 fully saturated rings. The molecule has 0 radical (unpaired) electrons. The van der Waals surface area contributed by atoms with Crippen molar-refractivity contribution in [1.29, 1.82) is 0 Å². The molecule has 0 heterocycles. The van der Waals surface area contributed by atoms with E-state index in [0.717, 1.165) is 0 Å². The van der Waals surface area contributed by atoms with Crippen LogP contribution >= 0.6 is 0 Å². The molecule has 0 aromatic heterocycles. The minimum absolute atomic E-state index is 0.116. The third-order valence-corrected chi connectivity index (χ3v) is 5.03. The van der Waals surface area contributed by atoms with Crippen molar-refractivity contribution in [3.8, 4) is 0 Å². The Kier molecular flexibility index (Phi) is 9.21. The molecule has 0 rings (SSSR count). The van der Waals surface area contributed by atoms with E-state index in [-0.39, 0.29) is 6.42 Å². The lowest BCUT2D eigenvalue weighted by Gasteiger charge is -2.42. The molecule has 0 amide bonds. The van der Waals surface area contributed by atoms with Gasteiger partial charge in [0.15, 0.2) is 0 Å². The number of carbonyl (C=O) groups is 1. The summed E-state index contributed by atoms with van der Waals surface area (Å²) in [6.45, 7) is 2.85. The molecule has 210 valence electrons. The Balaban J connectivity index is 6.00. The van der Waals surface area contributed by atoms with Crippen molar-refractivity contribution < 1.29 is 79.8 Å². The lowest BCUT2D eigenvalue weighted by Crippen LogP contribution is -2.73. The van der Waals surface area contributed by atoms with Crippen LogP contribution in [-0.4, -0.2) is 60.5 Å². The molecule has 0 unspecified atom stereocenters. The van der Waals surface area contributed by atoms with Crippen LogP contribution in [-0.2, 0) is 9.53 Å². The third kappa shape index (κ3) is 5.25. The summed E-state index contributed by atoms with van der Waals surface area (Å²) in [5.74, 6) is -55.7. The van der Waals surface area contributed by atoms with E-state index in [9.17, 15) is 75.0 Å². The van der Waals surface area contributed by atoms with Gasteiger partial charge in [-0.15, -0.1) is 0 Å². The van der Waals surface area contributed by atoms with E-state index in [1.54, 1.807) is 0 Å². The van der Waals surface area contributed by atoms with Gasteiger partial charge in [0.1, 0.15) is 0 Å². The zero-order valence-electron chi connectivity index (χ0n) is 17.8. The summed E-state index contributed by atoms with van der Waals surface area (Å²) >= 11 is 0. The number of carbonyl (C=O) groups excluding carboxylic acids is 1. The molecule has 35 heavy (non-hydrogen) atoms. The highest BCUT2D eigenvalue weighted by atomic mass is 19.4. The Morgan fingerprint density at radius 3 is 1.43 bits per heavy atom. The highest BCUT2D eigenvalue weighted by Gasteiger charge is 2.93. The zero-order chi connectivity index (χ0) is 28.7. The van der Waals surface area contributed by atoms with E-state index in [1.165, 1.54) is 20.8 Å². The number of esters is 1. The topological polar surface area (TPSA) is 26.3 Å². The van der Waals surface area contributed by atoms with Crippen LogP contribution in [0.4, 0.5) is 70.2 Å². The Bertz CT molecular complexity index is 744. The number of hydrogen-bond acceptors (Lipinski definition) is 2. The summed E-state index contributed by atoms with van der Waals surface area (Å²) in [5.41, 5.74) is -1.22. The van der Waals surface area contributed by atoms with Gasteiger partial charge in [0.05, 0.1) is 12.0 Å². The van der Waals surface area contributed by atoms with E-state index in [1.807, 2.05) is 0 Å². The van der Waals surface area contributed by atoms with Crippen molar-refractivity contribution in [3.05, 3.63) is 0 Å². The molecule has 0 atom stereocenters. The maximum absolute atomic E-state index is 13.7. The van der Waals surface area contributed by atoms with Gasteiger partial charge < -0.3 is 4.74 Å². The van der Waals surface area contributed by atoms with Crippen LogP contribution in [0.3, 0.4) is 0 Å². The zero-order valence-corrected chi connectivity index (χ0v) is 17.8. The molecule has 2 nitrogen and oxygen atoms in total. The van der Waals surface area contributed by atoms with Crippen molar-refractivity contribution in [3.63, 3.8) is 0 Å². The first-order chi connectivity index (χ1) is 15.1. The minimum Gasteiger partial charge on any atom is -0.465 e. The van der Waals surface area contributed by atoms with Gasteiger partial charge in [0.2, 0.25) is 0 Å². The number of alkyl halides is 16. The summed E-state index contributed by atoms with van der Waals surface area (Å²) < 4.78 is 216. The van der Waals surface area contributed by atoms with Gasteiger partial charge in [-0.3, -0.25) is 4.79 Å².